The third kappa shape index (κ3) is 7.35. The van der Waals surface area contributed by atoms with E-state index < -0.39 is 66.2 Å². The summed E-state index contributed by atoms with van der Waals surface area (Å²) in [5.41, 5.74) is 14.4. The van der Waals surface area contributed by atoms with Gasteiger partial charge in [0, 0.05) is 28.5 Å². The van der Waals surface area contributed by atoms with Crippen LogP contribution in [-0.2, 0) is 48.1 Å². The number of hydrogen-bond donors (Lipinski definition) is 0. The van der Waals surface area contributed by atoms with Crippen molar-refractivity contribution in [2.45, 2.75) is 226 Å². The molecule has 76 heavy (non-hydrogen) atoms. The number of fused-ring (bicyclic) bond motifs is 8. The van der Waals surface area contributed by atoms with Gasteiger partial charge < -0.3 is 37.2 Å². The Bertz CT molecular complexity index is 3230. The van der Waals surface area contributed by atoms with Crippen LogP contribution in [0.3, 0.4) is 0 Å². The van der Waals surface area contributed by atoms with Crippen LogP contribution in [0.5, 0.6) is 0 Å². The second kappa shape index (κ2) is 16.0. The van der Waals surface area contributed by atoms with Crippen LogP contribution in [0, 0.1) is 5.92 Å². The van der Waals surface area contributed by atoms with Crippen LogP contribution in [0.4, 0.5) is 0 Å². The van der Waals surface area contributed by atoms with Gasteiger partial charge in [0.05, 0.1) is 44.8 Å². The highest BCUT2D eigenvalue weighted by Gasteiger charge is 2.57. The normalized spacial score (nSPS) is 28.3. The van der Waals surface area contributed by atoms with Crippen LogP contribution in [0.25, 0.3) is 38.6 Å². The molecule has 4 aliphatic heterocycles. The molecule has 4 aliphatic carbocycles. The molecule has 0 amide bonds. The fourth-order valence-electron chi connectivity index (χ4n) is 13.6. The maximum atomic E-state index is 6.80. The quantitative estimate of drug-likeness (QED) is 0.156. The molecule has 0 aromatic heterocycles. The molecule has 2 unspecified atom stereocenters. The molecule has 4 heterocycles. The number of allylic oxidation sites excluding steroid dienone is 6. The van der Waals surface area contributed by atoms with Crippen molar-refractivity contribution in [1.29, 1.82) is 0 Å². The van der Waals surface area contributed by atoms with Crippen molar-refractivity contribution in [3.05, 3.63) is 111 Å². The Kier molecular flexibility index (Phi) is 11.2. The van der Waals surface area contributed by atoms with Gasteiger partial charge in [0.2, 0.25) is 0 Å². The first-order valence-electron chi connectivity index (χ1n) is 28.5. The third-order valence-electron chi connectivity index (χ3n) is 21.3. The Morgan fingerprint density at radius 1 is 0.461 bits per heavy atom. The summed E-state index contributed by atoms with van der Waals surface area (Å²) in [6.45, 7) is 48.5. The molecule has 12 rings (SSSR count). The maximum Gasteiger partial charge on any atom is 0.494 e. The molecule has 12 heteroatoms. The summed E-state index contributed by atoms with van der Waals surface area (Å²) < 4.78 is 54.2. The van der Waals surface area contributed by atoms with E-state index in [1.807, 2.05) is 0 Å². The first kappa shape index (κ1) is 53.0. The first-order valence-corrected chi connectivity index (χ1v) is 28.5. The van der Waals surface area contributed by atoms with Gasteiger partial charge in [-0.2, -0.15) is 0 Å². The van der Waals surface area contributed by atoms with E-state index in [0.29, 0.717) is 0 Å². The second-order valence-corrected chi connectivity index (χ2v) is 29.0. The SMILES string of the molecule is CCC1=CC(B2OC(C)(C)C(C)(C)O2)=C[C@@H]2c3cc4c(cc3/C(=C/C(C)B3OC(C)(C)C(C)(C)O3)C12)C(C)(C)c1cc2c(cc1C4(C)C)-c1cc(B3OC(C)(C)C(C)(C)O3)cc3cc(B4OC(C)(C)C(C)(C)O4)cc-2c13. The smallest absolute Gasteiger partial charge is 0.403 e. The molecule has 0 N–H and O–H groups in total. The van der Waals surface area contributed by atoms with Gasteiger partial charge in [0.1, 0.15) is 0 Å². The van der Waals surface area contributed by atoms with Crippen molar-refractivity contribution < 1.29 is 37.2 Å². The summed E-state index contributed by atoms with van der Waals surface area (Å²) in [5.74, 6) is 0.227. The van der Waals surface area contributed by atoms with Crippen molar-refractivity contribution in [2.75, 3.05) is 0 Å². The van der Waals surface area contributed by atoms with Crippen LogP contribution in [-0.4, -0.2) is 73.3 Å². The molecule has 0 bridgehead atoms. The summed E-state index contributed by atoms with van der Waals surface area (Å²) in [7, 11) is -1.88. The summed E-state index contributed by atoms with van der Waals surface area (Å²) in [6.07, 6.45) is 8.27. The molecule has 3 atom stereocenters. The zero-order valence-electron chi connectivity index (χ0n) is 49.9. The number of benzene rings is 4. The fraction of sp³-hybridized carbons (Fsp3) is 0.562. The molecule has 0 saturated carbocycles. The molecule has 398 valence electrons. The van der Waals surface area contributed by atoms with E-state index in [0.717, 1.165) is 28.2 Å². The fourth-order valence-corrected chi connectivity index (χ4v) is 13.6. The van der Waals surface area contributed by atoms with E-state index >= 15 is 0 Å². The minimum atomic E-state index is -0.523. The topological polar surface area (TPSA) is 73.8 Å². The summed E-state index contributed by atoms with van der Waals surface area (Å²) in [4.78, 5) is 0. The first-order chi connectivity index (χ1) is 34.9. The minimum absolute atomic E-state index is 0.00488. The number of rotatable bonds is 6. The second-order valence-electron chi connectivity index (χ2n) is 29.0. The van der Waals surface area contributed by atoms with Crippen LogP contribution in [0.1, 0.15) is 198 Å². The predicted molar refractivity (Wildman–Crippen MR) is 313 cm³/mol. The predicted octanol–water partition coefficient (Wildman–Crippen LogP) is 13.5. The molecular formula is C64H82B4O8. The molecule has 0 radical (unpaired) electrons. The zero-order chi connectivity index (χ0) is 55.0. The van der Waals surface area contributed by atoms with E-state index in [-0.39, 0.29) is 35.6 Å². The van der Waals surface area contributed by atoms with Gasteiger partial charge >= 0.3 is 28.5 Å². The lowest BCUT2D eigenvalue weighted by molar-refractivity contribution is 0.00578. The largest absolute Gasteiger partial charge is 0.494 e. The van der Waals surface area contributed by atoms with Gasteiger partial charge in [-0.1, -0.05) is 95.7 Å². The van der Waals surface area contributed by atoms with Gasteiger partial charge in [0.15, 0.2) is 0 Å². The highest BCUT2D eigenvalue weighted by Crippen LogP contribution is 2.61. The van der Waals surface area contributed by atoms with Gasteiger partial charge in [-0.15, -0.1) is 0 Å². The lowest BCUT2D eigenvalue weighted by Gasteiger charge is -2.45. The average molecular weight is 1020 g/mol. The van der Waals surface area contributed by atoms with E-state index in [1.165, 1.54) is 72.2 Å². The molecule has 4 fully saturated rings. The van der Waals surface area contributed by atoms with Crippen molar-refractivity contribution in [2.24, 2.45) is 5.92 Å². The lowest BCUT2D eigenvalue weighted by Crippen LogP contribution is -2.41. The van der Waals surface area contributed by atoms with Gasteiger partial charge in [-0.3, -0.25) is 0 Å². The Hall–Kier alpha value is -3.70. The molecule has 4 aromatic rings. The van der Waals surface area contributed by atoms with Gasteiger partial charge in [0.25, 0.3) is 0 Å². The van der Waals surface area contributed by atoms with Crippen molar-refractivity contribution in [3.63, 3.8) is 0 Å². The monoisotopic (exact) mass is 1020 g/mol. The van der Waals surface area contributed by atoms with Gasteiger partial charge in [-0.05, 0) is 224 Å². The highest BCUT2D eigenvalue weighted by molar-refractivity contribution is 6.64. The van der Waals surface area contributed by atoms with Crippen LogP contribution >= 0.6 is 0 Å². The maximum absolute atomic E-state index is 6.80. The summed E-state index contributed by atoms with van der Waals surface area (Å²) in [5, 5.41) is 2.37. The molecule has 8 nitrogen and oxygen atoms in total. The molecule has 8 aliphatic rings. The minimum Gasteiger partial charge on any atom is -0.403 e. The molecule has 4 saturated heterocycles. The molecular weight excluding hydrogens is 940 g/mol. The van der Waals surface area contributed by atoms with E-state index in [2.05, 4.69) is 219 Å². The van der Waals surface area contributed by atoms with E-state index in [4.69, 9.17) is 37.2 Å². The standard InChI is InChI=1S/C64H82B4O8/c1-23-36-25-38(66-71-59(11,12)60(13,14)72-66)28-46-42-32-50-49(31-41(42)45(53(36)46)24-35(2)65-69-57(7,8)58(9,10)70-65)55(3,4)51-33-43-44(34-52(51)56(50,5)6)48-30-40(68-75-63(19,20)64(21,22)76-68)27-37-26-39(29-47(43)54(37)48)67-73-61(15,16)62(17,18)74-67/h24-35,46,53H,23H2,1-22H3/b45-24-/t35?,46-,53?/m1/s1. The third-order valence-corrected chi connectivity index (χ3v) is 21.3. The Morgan fingerprint density at radius 2 is 0.842 bits per heavy atom. The van der Waals surface area contributed by atoms with Crippen LogP contribution in [0.2, 0.25) is 5.82 Å². The summed E-state index contributed by atoms with van der Waals surface area (Å²) in [6, 6.07) is 19.5. The average Bonchev–Trinajstić information content (AvgIpc) is 4.16. The van der Waals surface area contributed by atoms with E-state index in [9.17, 15) is 0 Å². The molecule has 0 spiro atoms. The Labute approximate surface area is 456 Å². The van der Waals surface area contributed by atoms with Gasteiger partial charge in [-0.25, -0.2) is 0 Å². The number of hydrogen-bond acceptors (Lipinski definition) is 8. The van der Waals surface area contributed by atoms with Crippen LogP contribution in [0.15, 0.2) is 77.8 Å². The van der Waals surface area contributed by atoms with Crippen LogP contribution < -0.4 is 10.9 Å². The lowest BCUT2D eigenvalue weighted by atomic mass is 9.58. The zero-order valence-corrected chi connectivity index (χ0v) is 49.9. The Balaban J connectivity index is 1.03. The Morgan fingerprint density at radius 3 is 1.26 bits per heavy atom. The van der Waals surface area contributed by atoms with Crippen molar-refractivity contribution >= 4 is 55.7 Å². The van der Waals surface area contributed by atoms with Crippen molar-refractivity contribution in [1.82, 2.24) is 0 Å². The highest BCUT2D eigenvalue weighted by atomic mass is 16.7. The molecule has 4 aromatic carbocycles. The van der Waals surface area contributed by atoms with E-state index in [1.54, 1.807) is 0 Å². The summed E-state index contributed by atoms with van der Waals surface area (Å²) >= 11 is 0. The van der Waals surface area contributed by atoms with Crippen molar-refractivity contribution in [3.8, 4) is 22.3 Å².